The summed E-state index contributed by atoms with van der Waals surface area (Å²) in [5, 5.41) is 0. The van der Waals surface area contributed by atoms with Gasteiger partial charge >= 0.3 is 5.51 Å². The molecule has 0 aromatic rings. The highest BCUT2D eigenvalue weighted by Crippen LogP contribution is 2.20. The van der Waals surface area contributed by atoms with Crippen molar-refractivity contribution in [2.24, 2.45) is 0 Å². The first-order valence-corrected chi connectivity index (χ1v) is 2.68. The first-order chi connectivity index (χ1) is 3.25. The van der Waals surface area contributed by atoms with Gasteiger partial charge in [0.2, 0.25) is 0 Å². The summed E-state index contributed by atoms with van der Waals surface area (Å²) in [4.78, 5) is 0. The van der Waals surface area contributed by atoms with Crippen molar-refractivity contribution in [3.8, 4) is 0 Å². The van der Waals surface area contributed by atoms with Gasteiger partial charge < -0.3 is 10.7 Å². The predicted octanol–water partition coefficient (Wildman–Crippen LogP) is 0.849. The van der Waals surface area contributed by atoms with Gasteiger partial charge in [-0.05, 0) is 0 Å². The van der Waals surface area contributed by atoms with E-state index in [4.69, 9.17) is 13.0 Å². The van der Waals surface area contributed by atoms with Gasteiger partial charge in [0.25, 0.3) is 0 Å². The third-order valence-electron chi connectivity index (χ3n) is 0.283. The van der Waals surface area contributed by atoms with Crippen molar-refractivity contribution < 1.29 is 26.1 Å². The molecule has 0 bridgehead atoms. The number of hydrogen-bond acceptors (Lipinski definition) is 3. The maximum atomic E-state index is 10.7. The number of hydrogen-bond donors (Lipinski definition) is 1. The Morgan fingerprint density at radius 3 is 1.30 bits per heavy atom. The second-order valence-electron chi connectivity index (χ2n) is 0.900. The van der Waals surface area contributed by atoms with Crippen LogP contribution in [-0.2, 0) is 10.1 Å². The van der Waals surface area contributed by atoms with Crippen molar-refractivity contribution in [2.45, 2.75) is 5.51 Å². The molecule has 0 heterocycles. The van der Waals surface area contributed by atoms with E-state index in [0.717, 1.165) is 0 Å². The van der Waals surface area contributed by atoms with Gasteiger partial charge in [-0.1, -0.05) is 0 Å². The zero-order chi connectivity index (χ0) is 7.00. The van der Waals surface area contributed by atoms with E-state index in [-0.39, 0.29) is 18.6 Å². The van der Waals surface area contributed by atoms with Gasteiger partial charge in [0, 0.05) is 0 Å². The highest BCUT2D eigenvalue weighted by atomic mass is 35.5. The first kappa shape index (κ1) is 16.5. The molecule has 0 aliphatic heterocycles. The van der Waals surface area contributed by atoms with Crippen LogP contribution in [0, 0.1) is 0 Å². The van der Waals surface area contributed by atoms with E-state index in [1.165, 1.54) is 0 Å². The summed E-state index contributed by atoms with van der Waals surface area (Å²) in [6.45, 7) is 0. The monoisotopic (exact) mass is 203 g/mol. The molecule has 10 heavy (non-hydrogen) atoms. The second kappa shape index (κ2) is 3.96. The zero-order valence-corrected chi connectivity index (χ0v) is 6.31. The van der Waals surface area contributed by atoms with Crippen LogP contribution in [0.25, 0.3) is 0 Å². The molecule has 0 saturated heterocycles. The quantitative estimate of drug-likeness (QED) is 0.467. The lowest BCUT2D eigenvalue weighted by Crippen LogP contribution is -2.21. The van der Waals surface area contributed by atoms with E-state index in [2.05, 4.69) is 0 Å². The molecular formula is CH5ClF3NO3S. The highest BCUT2D eigenvalue weighted by Gasteiger charge is 2.36. The fraction of sp³-hybridized carbons (Fsp3) is 1.00. The Hall–Kier alpha value is -0.0500. The Morgan fingerprint density at radius 1 is 1.20 bits per heavy atom. The molecule has 0 rings (SSSR count). The van der Waals surface area contributed by atoms with Crippen molar-refractivity contribution >= 4 is 22.5 Å². The van der Waals surface area contributed by atoms with Gasteiger partial charge in [-0.3, -0.25) is 0 Å². The number of rotatable bonds is 0. The predicted molar refractivity (Wildman–Crippen MR) is 29.0 cm³/mol. The molecule has 4 nitrogen and oxygen atoms in total. The molecule has 0 fully saturated rings. The lowest BCUT2D eigenvalue weighted by Gasteiger charge is -2.08. The molecule has 0 unspecified atom stereocenters. The van der Waals surface area contributed by atoms with Crippen molar-refractivity contribution in [2.75, 3.05) is 0 Å². The normalized spacial score (nSPS) is 11.2. The van der Waals surface area contributed by atoms with E-state index in [1.807, 2.05) is 0 Å². The summed E-state index contributed by atoms with van der Waals surface area (Å²) >= 11 is 0. The van der Waals surface area contributed by atoms with Crippen LogP contribution in [0.4, 0.5) is 13.2 Å². The van der Waals surface area contributed by atoms with Gasteiger partial charge in [-0.25, -0.2) is 8.42 Å². The van der Waals surface area contributed by atoms with Crippen molar-refractivity contribution in [3.05, 3.63) is 0 Å². The Labute approximate surface area is 61.2 Å². The van der Waals surface area contributed by atoms with Gasteiger partial charge in [-0.2, -0.15) is 13.2 Å². The smallest absolute Gasteiger partial charge is 0.485 e. The SMILES string of the molecule is Cl.O=S(=O)([O-])C(F)(F)F.[NH4+]. The van der Waals surface area contributed by atoms with Crippen molar-refractivity contribution in [1.82, 2.24) is 6.15 Å². The summed E-state index contributed by atoms with van der Waals surface area (Å²) in [7, 11) is -6.09. The molecule has 0 aliphatic carbocycles. The van der Waals surface area contributed by atoms with Crippen molar-refractivity contribution in [3.63, 3.8) is 0 Å². The lowest BCUT2D eigenvalue weighted by molar-refractivity contribution is -0.0517. The Kier molecular flexibility index (Phi) is 6.54. The van der Waals surface area contributed by atoms with Gasteiger partial charge in [0.05, 0.1) is 0 Å². The molecule has 0 aliphatic rings. The van der Waals surface area contributed by atoms with Gasteiger partial charge in [0.1, 0.15) is 0 Å². The average Bonchev–Trinajstić information content (AvgIpc) is 1.25. The molecule has 0 aromatic heterocycles. The molecule has 66 valence electrons. The van der Waals surface area contributed by atoms with Crippen LogP contribution < -0.4 is 6.15 Å². The third-order valence-corrected chi connectivity index (χ3v) is 0.850. The maximum absolute atomic E-state index is 10.7. The standard InChI is InChI=1S/CHF3O3S.ClH.H3N/c2-1(3,4)8(5,6)7;;/h(H,5,6,7);1H;1H3. The van der Waals surface area contributed by atoms with Crippen LogP contribution in [0.3, 0.4) is 0 Å². The number of alkyl halides is 3. The largest absolute Gasteiger partial charge is 0.741 e. The minimum Gasteiger partial charge on any atom is -0.741 e. The molecule has 9 heteroatoms. The van der Waals surface area contributed by atoms with Gasteiger partial charge in [-0.15, -0.1) is 12.4 Å². The van der Waals surface area contributed by atoms with Crippen LogP contribution >= 0.6 is 12.4 Å². The minimum absolute atomic E-state index is 0. The summed E-state index contributed by atoms with van der Waals surface area (Å²) in [5.74, 6) is 0. The van der Waals surface area contributed by atoms with E-state index >= 15 is 0 Å². The Bertz CT molecular complexity index is 173. The fourth-order valence-electron chi connectivity index (χ4n) is 0. The summed E-state index contributed by atoms with van der Waals surface area (Å²) < 4.78 is 58.9. The first-order valence-electron chi connectivity index (χ1n) is 1.27. The van der Waals surface area contributed by atoms with Crippen LogP contribution in [0.2, 0.25) is 0 Å². The van der Waals surface area contributed by atoms with E-state index < -0.39 is 15.6 Å². The Balaban J connectivity index is -0.000000245. The topological polar surface area (TPSA) is 93.7 Å². The molecule has 0 saturated carbocycles. The maximum Gasteiger partial charge on any atom is 0.485 e. The van der Waals surface area contributed by atoms with Crippen molar-refractivity contribution in [1.29, 1.82) is 0 Å². The highest BCUT2D eigenvalue weighted by molar-refractivity contribution is 7.86. The lowest BCUT2D eigenvalue weighted by atomic mass is 11.6. The van der Waals surface area contributed by atoms with Crippen LogP contribution in [0.15, 0.2) is 0 Å². The van der Waals surface area contributed by atoms with Gasteiger partial charge in [0.15, 0.2) is 10.1 Å². The number of halogens is 4. The summed E-state index contributed by atoms with van der Waals surface area (Å²) in [5.41, 5.74) is -5.65. The molecule has 0 spiro atoms. The molecular weight excluding hydrogens is 199 g/mol. The average molecular weight is 204 g/mol. The fourth-order valence-corrected chi connectivity index (χ4v) is 0. The zero-order valence-electron chi connectivity index (χ0n) is 4.68. The molecule has 4 N–H and O–H groups in total. The van der Waals surface area contributed by atoms with E-state index in [1.54, 1.807) is 0 Å². The minimum atomic E-state index is -6.09. The molecule has 0 radical (unpaired) electrons. The summed E-state index contributed by atoms with van der Waals surface area (Å²) in [6, 6.07) is 0. The van der Waals surface area contributed by atoms with Crippen LogP contribution in [-0.4, -0.2) is 18.5 Å². The molecule has 0 atom stereocenters. The second-order valence-corrected chi connectivity index (χ2v) is 2.27. The van der Waals surface area contributed by atoms with E-state index in [0.29, 0.717) is 0 Å². The van der Waals surface area contributed by atoms with Crippen LogP contribution in [0.1, 0.15) is 0 Å². The Morgan fingerprint density at radius 2 is 1.30 bits per heavy atom. The molecule has 0 aromatic carbocycles. The third kappa shape index (κ3) is 4.79. The number of quaternary nitrogens is 1. The van der Waals surface area contributed by atoms with E-state index in [9.17, 15) is 13.2 Å². The molecule has 0 amide bonds. The van der Waals surface area contributed by atoms with Crippen LogP contribution in [0.5, 0.6) is 0 Å². The summed E-state index contributed by atoms with van der Waals surface area (Å²) in [6.07, 6.45) is 0.